The lowest BCUT2D eigenvalue weighted by atomic mass is 9.85. The van der Waals surface area contributed by atoms with Gasteiger partial charge in [-0.3, -0.25) is 0 Å². The predicted octanol–water partition coefficient (Wildman–Crippen LogP) is 6.08. The van der Waals surface area contributed by atoms with Gasteiger partial charge in [-0.2, -0.15) is 0 Å². The van der Waals surface area contributed by atoms with E-state index in [4.69, 9.17) is 4.74 Å². The Bertz CT molecular complexity index is 590. The van der Waals surface area contributed by atoms with Crippen LogP contribution in [0, 0.1) is 6.92 Å². The second-order valence-electron chi connectivity index (χ2n) is 6.05. The summed E-state index contributed by atoms with van der Waals surface area (Å²) in [6.07, 6.45) is 11.5. The SMILES string of the molecule is CCCC1=CC(OC)=C[C@@H](c2ccccc2C)C(CCC)=C1. The van der Waals surface area contributed by atoms with Crippen molar-refractivity contribution in [3.63, 3.8) is 0 Å². The molecule has 0 N–H and O–H groups in total. The lowest BCUT2D eigenvalue weighted by molar-refractivity contribution is 0.304. The van der Waals surface area contributed by atoms with Gasteiger partial charge in [0.1, 0.15) is 5.76 Å². The van der Waals surface area contributed by atoms with Crippen molar-refractivity contribution < 1.29 is 4.74 Å². The molecule has 0 fully saturated rings. The highest BCUT2D eigenvalue weighted by atomic mass is 16.5. The van der Waals surface area contributed by atoms with Crippen molar-refractivity contribution in [1.29, 1.82) is 0 Å². The number of allylic oxidation sites excluding steroid dienone is 5. The average Bonchev–Trinajstić information content (AvgIpc) is 2.68. The van der Waals surface area contributed by atoms with E-state index in [0.29, 0.717) is 5.92 Å². The van der Waals surface area contributed by atoms with Crippen LogP contribution in [0.1, 0.15) is 56.6 Å². The number of rotatable bonds is 6. The van der Waals surface area contributed by atoms with Crippen LogP contribution in [0.2, 0.25) is 0 Å². The van der Waals surface area contributed by atoms with Gasteiger partial charge in [0.15, 0.2) is 0 Å². The number of hydrogen-bond donors (Lipinski definition) is 0. The molecule has 0 bridgehead atoms. The minimum Gasteiger partial charge on any atom is -0.497 e. The van der Waals surface area contributed by atoms with Crippen LogP contribution in [0.15, 0.2) is 59.4 Å². The van der Waals surface area contributed by atoms with E-state index in [9.17, 15) is 0 Å². The minimum absolute atomic E-state index is 0.321. The molecule has 1 nitrogen and oxygen atoms in total. The van der Waals surface area contributed by atoms with Gasteiger partial charge in [0.2, 0.25) is 0 Å². The molecule has 1 heteroatoms. The molecule has 118 valence electrons. The zero-order valence-corrected chi connectivity index (χ0v) is 14.4. The molecule has 1 aliphatic carbocycles. The fraction of sp³-hybridized carbons (Fsp3) is 0.429. The number of hydrogen-bond acceptors (Lipinski definition) is 1. The first-order valence-electron chi connectivity index (χ1n) is 8.42. The van der Waals surface area contributed by atoms with Gasteiger partial charge in [-0.15, -0.1) is 0 Å². The fourth-order valence-electron chi connectivity index (χ4n) is 3.17. The zero-order valence-electron chi connectivity index (χ0n) is 14.4. The summed E-state index contributed by atoms with van der Waals surface area (Å²) in [5, 5.41) is 0. The van der Waals surface area contributed by atoms with Crippen molar-refractivity contribution in [3.05, 3.63) is 70.5 Å². The molecule has 1 aromatic carbocycles. The Labute approximate surface area is 135 Å². The Hall–Kier alpha value is -1.76. The number of benzene rings is 1. The zero-order chi connectivity index (χ0) is 15.9. The predicted molar refractivity (Wildman–Crippen MR) is 95.0 cm³/mol. The highest BCUT2D eigenvalue weighted by molar-refractivity contribution is 5.46. The molecule has 0 saturated carbocycles. The van der Waals surface area contributed by atoms with Crippen LogP contribution in [0.3, 0.4) is 0 Å². The molecule has 2 rings (SSSR count). The first-order valence-corrected chi connectivity index (χ1v) is 8.42. The van der Waals surface area contributed by atoms with Gasteiger partial charge in [-0.25, -0.2) is 0 Å². The van der Waals surface area contributed by atoms with E-state index in [0.717, 1.165) is 25.0 Å². The van der Waals surface area contributed by atoms with Crippen molar-refractivity contribution in [2.45, 2.75) is 52.4 Å². The molecule has 0 saturated heterocycles. The first kappa shape index (κ1) is 16.6. The molecule has 0 unspecified atom stereocenters. The van der Waals surface area contributed by atoms with E-state index in [-0.39, 0.29) is 0 Å². The molecule has 1 atom stereocenters. The largest absolute Gasteiger partial charge is 0.497 e. The van der Waals surface area contributed by atoms with Gasteiger partial charge in [0.25, 0.3) is 0 Å². The maximum Gasteiger partial charge on any atom is 0.116 e. The summed E-state index contributed by atoms with van der Waals surface area (Å²) in [7, 11) is 1.77. The van der Waals surface area contributed by atoms with E-state index in [1.807, 2.05) is 0 Å². The summed E-state index contributed by atoms with van der Waals surface area (Å²) in [5.74, 6) is 1.31. The second kappa shape index (κ2) is 8.03. The summed E-state index contributed by atoms with van der Waals surface area (Å²) < 4.78 is 5.62. The third-order valence-corrected chi connectivity index (χ3v) is 4.27. The quantitative estimate of drug-likeness (QED) is 0.618. The number of aryl methyl sites for hydroxylation is 1. The van der Waals surface area contributed by atoms with E-state index in [2.05, 4.69) is 63.3 Å². The van der Waals surface area contributed by atoms with Gasteiger partial charge in [0, 0.05) is 5.92 Å². The molecule has 0 spiro atoms. The highest BCUT2D eigenvalue weighted by Crippen LogP contribution is 2.36. The molecule has 0 radical (unpaired) electrons. The van der Waals surface area contributed by atoms with E-state index >= 15 is 0 Å². The molecule has 0 amide bonds. The van der Waals surface area contributed by atoms with Gasteiger partial charge >= 0.3 is 0 Å². The van der Waals surface area contributed by atoms with Crippen LogP contribution in [0.4, 0.5) is 0 Å². The molecular weight excluding hydrogens is 268 g/mol. The Kier molecular flexibility index (Phi) is 6.06. The molecule has 1 aliphatic rings. The number of ether oxygens (including phenoxy) is 1. The third kappa shape index (κ3) is 3.91. The molecule has 0 heterocycles. The van der Waals surface area contributed by atoms with Crippen molar-refractivity contribution in [3.8, 4) is 0 Å². The van der Waals surface area contributed by atoms with E-state index < -0.39 is 0 Å². The van der Waals surface area contributed by atoms with Gasteiger partial charge in [-0.1, -0.05) is 62.6 Å². The van der Waals surface area contributed by atoms with Crippen LogP contribution >= 0.6 is 0 Å². The normalized spacial score (nSPS) is 18.2. The highest BCUT2D eigenvalue weighted by Gasteiger charge is 2.19. The van der Waals surface area contributed by atoms with E-state index in [1.165, 1.54) is 28.7 Å². The van der Waals surface area contributed by atoms with Crippen LogP contribution in [0.25, 0.3) is 0 Å². The van der Waals surface area contributed by atoms with Crippen molar-refractivity contribution in [2.75, 3.05) is 7.11 Å². The first-order chi connectivity index (χ1) is 10.7. The van der Waals surface area contributed by atoms with Crippen LogP contribution in [-0.4, -0.2) is 7.11 Å². The fourth-order valence-corrected chi connectivity index (χ4v) is 3.17. The second-order valence-corrected chi connectivity index (χ2v) is 6.05. The van der Waals surface area contributed by atoms with Crippen molar-refractivity contribution in [2.24, 2.45) is 0 Å². The molecule has 22 heavy (non-hydrogen) atoms. The molecule has 1 aromatic rings. The van der Waals surface area contributed by atoms with Crippen LogP contribution in [-0.2, 0) is 4.74 Å². The maximum absolute atomic E-state index is 5.62. The molecule has 0 aromatic heterocycles. The third-order valence-electron chi connectivity index (χ3n) is 4.27. The molecular formula is C21H28O. The average molecular weight is 296 g/mol. The monoisotopic (exact) mass is 296 g/mol. The van der Waals surface area contributed by atoms with Crippen molar-refractivity contribution in [1.82, 2.24) is 0 Å². The lowest BCUT2D eigenvalue weighted by Crippen LogP contribution is -2.03. The minimum atomic E-state index is 0.321. The van der Waals surface area contributed by atoms with Gasteiger partial charge in [-0.05, 0) is 48.6 Å². The Morgan fingerprint density at radius 2 is 1.73 bits per heavy atom. The van der Waals surface area contributed by atoms with Gasteiger partial charge in [0.05, 0.1) is 7.11 Å². The summed E-state index contributed by atoms with van der Waals surface area (Å²) in [4.78, 5) is 0. The standard InChI is InChI=1S/C21H28O/c1-5-9-17-13-18(10-6-2)21(15-19(14-17)22-4)20-12-8-7-11-16(20)3/h7-8,11-15,21H,5-6,9-10H2,1-4H3/t21-/m1/s1. The van der Waals surface area contributed by atoms with Crippen molar-refractivity contribution >= 4 is 0 Å². The van der Waals surface area contributed by atoms with E-state index in [1.54, 1.807) is 7.11 Å². The topological polar surface area (TPSA) is 9.23 Å². The maximum atomic E-state index is 5.62. The Morgan fingerprint density at radius 3 is 2.36 bits per heavy atom. The van der Waals surface area contributed by atoms with Crippen LogP contribution in [0.5, 0.6) is 0 Å². The Balaban J connectivity index is 2.50. The van der Waals surface area contributed by atoms with Gasteiger partial charge < -0.3 is 4.74 Å². The lowest BCUT2D eigenvalue weighted by Gasteiger charge is -2.19. The smallest absolute Gasteiger partial charge is 0.116 e. The molecule has 0 aliphatic heterocycles. The summed E-state index contributed by atoms with van der Waals surface area (Å²) in [6, 6.07) is 8.69. The Morgan fingerprint density at radius 1 is 1.00 bits per heavy atom. The van der Waals surface area contributed by atoms with Crippen LogP contribution < -0.4 is 0 Å². The summed E-state index contributed by atoms with van der Waals surface area (Å²) in [6.45, 7) is 6.68. The number of methoxy groups -OCH3 is 1. The summed E-state index contributed by atoms with van der Waals surface area (Å²) >= 11 is 0. The summed E-state index contributed by atoms with van der Waals surface area (Å²) in [5.41, 5.74) is 5.63.